The first-order chi connectivity index (χ1) is 15.3. The number of rotatable bonds is 6. The number of benzene rings is 2. The molecule has 0 saturated heterocycles. The van der Waals surface area contributed by atoms with Crippen molar-refractivity contribution in [2.45, 2.75) is 18.5 Å². The lowest BCUT2D eigenvalue weighted by atomic mass is 9.96. The molecule has 0 spiro atoms. The topological polar surface area (TPSA) is 93.5 Å². The highest BCUT2D eigenvalue weighted by Crippen LogP contribution is 2.33. The van der Waals surface area contributed by atoms with Crippen molar-refractivity contribution in [1.29, 1.82) is 0 Å². The van der Waals surface area contributed by atoms with Crippen LogP contribution in [-0.2, 0) is 28.3 Å². The van der Waals surface area contributed by atoms with E-state index in [-0.39, 0.29) is 6.54 Å². The van der Waals surface area contributed by atoms with Crippen LogP contribution in [0.3, 0.4) is 0 Å². The summed E-state index contributed by atoms with van der Waals surface area (Å²) in [5, 5.41) is 7.35. The number of aryl methyl sites for hydroxylation is 1. The summed E-state index contributed by atoms with van der Waals surface area (Å²) in [4.78, 5) is 13.6. The molecule has 2 unspecified atom stereocenters. The summed E-state index contributed by atoms with van der Waals surface area (Å²) in [7, 11) is -0.212. The van der Waals surface area contributed by atoms with Crippen LogP contribution in [0.25, 0.3) is 0 Å². The fraction of sp³-hybridized carbons (Fsp3) is 0.304. The predicted molar refractivity (Wildman–Crippen MR) is 121 cm³/mol. The molecule has 1 aliphatic rings. The quantitative estimate of drug-likeness (QED) is 0.616. The lowest BCUT2D eigenvalue weighted by Crippen LogP contribution is -2.47. The van der Waals surface area contributed by atoms with Gasteiger partial charge in [0.1, 0.15) is 11.8 Å². The molecular weight excluding hydrogens is 428 g/mol. The molecule has 0 fully saturated rings. The molecule has 8 nitrogen and oxygen atoms in total. The second-order valence-electron chi connectivity index (χ2n) is 7.82. The van der Waals surface area contributed by atoms with Crippen molar-refractivity contribution < 1.29 is 17.9 Å². The first-order valence-corrected chi connectivity index (χ1v) is 12.1. The monoisotopic (exact) mass is 454 g/mol. The summed E-state index contributed by atoms with van der Waals surface area (Å²) in [5.74, 6) is 0.316. The van der Waals surface area contributed by atoms with Gasteiger partial charge >= 0.3 is 0 Å². The zero-order valence-corrected chi connectivity index (χ0v) is 19.0. The molecule has 0 saturated carbocycles. The van der Waals surface area contributed by atoms with Crippen LogP contribution in [0.4, 0.5) is 0 Å². The average molecular weight is 455 g/mol. The Hall–Kier alpha value is -3.17. The van der Waals surface area contributed by atoms with Gasteiger partial charge in [0.25, 0.3) is 0 Å². The summed E-state index contributed by atoms with van der Waals surface area (Å²) in [5.41, 5.74) is 3.23. The number of carbonyl (C=O) groups excluding carboxylic acids is 1. The molecule has 2 heterocycles. The van der Waals surface area contributed by atoms with Crippen LogP contribution in [-0.4, -0.2) is 48.3 Å². The van der Waals surface area contributed by atoms with Crippen molar-refractivity contribution in [1.82, 2.24) is 19.4 Å². The summed E-state index contributed by atoms with van der Waals surface area (Å²) in [6.45, 7) is 0.224. The van der Waals surface area contributed by atoms with Gasteiger partial charge in [0.15, 0.2) is 0 Å². The van der Waals surface area contributed by atoms with Crippen molar-refractivity contribution in [2.75, 3.05) is 19.9 Å². The number of ether oxygens (including phenoxy) is 1. The predicted octanol–water partition coefficient (Wildman–Crippen LogP) is 2.19. The molecule has 2 aromatic carbocycles. The largest absolute Gasteiger partial charge is 0.497 e. The molecule has 1 amide bonds. The van der Waals surface area contributed by atoms with Gasteiger partial charge in [0, 0.05) is 31.3 Å². The maximum atomic E-state index is 13.6. The van der Waals surface area contributed by atoms with E-state index in [9.17, 15) is 13.2 Å². The molecule has 2 atom stereocenters. The molecule has 1 N–H and O–H groups in total. The first-order valence-electron chi connectivity index (χ1n) is 10.3. The third-order valence-electron chi connectivity index (χ3n) is 5.79. The molecule has 3 aromatic rings. The van der Waals surface area contributed by atoms with Crippen LogP contribution in [0.2, 0.25) is 0 Å². The van der Waals surface area contributed by atoms with Crippen molar-refractivity contribution in [3.63, 3.8) is 0 Å². The van der Waals surface area contributed by atoms with Gasteiger partial charge in [0.05, 0.1) is 25.6 Å². The molecule has 168 valence electrons. The van der Waals surface area contributed by atoms with E-state index in [0.29, 0.717) is 17.7 Å². The molecule has 0 radical (unpaired) electrons. The Morgan fingerprint density at radius 2 is 1.78 bits per heavy atom. The van der Waals surface area contributed by atoms with Crippen LogP contribution in [0.5, 0.6) is 5.75 Å². The fourth-order valence-corrected chi connectivity index (χ4v) is 5.18. The Morgan fingerprint density at radius 1 is 1.12 bits per heavy atom. The van der Waals surface area contributed by atoms with E-state index in [4.69, 9.17) is 4.74 Å². The van der Waals surface area contributed by atoms with Crippen molar-refractivity contribution >= 4 is 15.9 Å². The van der Waals surface area contributed by atoms with E-state index in [2.05, 4.69) is 10.4 Å². The molecular formula is C23H26N4O4S. The van der Waals surface area contributed by atoms with Crippen molar-refractivity contribution in [3.8, 4) is 5.75 Å². The number of hydrogen-bond donors (Lipinski definition) is 1. The Labute approximate surface area is 187 Å². The highest BCUT2D eigenvalue weighted by Gasteiger charge is 2.40. The maximum Gasteiger partial charge on any atom is 0.243 e. The van der Waals surface area contributed by atoms with Crippen LogP contribution < -0.4 is 10.1 Å². The second kappa shape index (κ2) is 8.76. The van der Waals surface area contributed by atoms with E-state index in [1.54, 1.807) is 25.0 Å². The summed E-state index contributed by atoms with van der Waals surface area (Å²) < 4.78 is 33.2. The van der Waals surface area contributed by atoms with Crippen molar-refractivity contribution in [3.05, 3.63) is 83.2 Å². The molecule has 4 rings (SSSR count). The lowest BCUT2D eigenvalue weighted by Gasteiger charge is -2.34. The summed E-state index contributed by atoms with van der Waals surface area (Å²) >= 11 is 0. The van der Waals surface area contributed by atoms with E-state index in [1.807, 2.05) is 54.6 Å². The maximum absolute atomic E-state index is 13.6. The molecule has 32 heavy (non-hydrogen) atoms. The molecule has 1 aliphatic heterocycles. The molecule has 0 bridgehead atoms. The highest BCUT2D eigenvalue weighted by atomic mass is 32.2. The van der Waals surface area contributed by atoms with Crippen LogP contribution in [0.1, 0.15) is 34.5 Å². The highest BCUT2D eigenvalue weighted by molar-refractivity contribution is 7.88. The minimum atomic E-state index is -3.61. The van der Waals surface area contributed by atoms with Gasteiger partial charge in [-0.25, -0.2) is 8.42 Å². The minimum Gasteiger partial charge on any atom is -0.497 e. The van der Waals surface area contributed by atoms with Gasteiger partial charge in [-0.2, -0.15) is 9.40 Å². The molecule has 1 aromatic heterocycles. The standard InChI is InChI=1S/C23H26N4O4S/c1-26-20-13-14-27(32(3,29)30)22(19(20)15-24-26)23(28)25-21(16-7-5-4-6-8-16)17-9-11-18(31-2)12-10-17/h4-12,15,21-22H,13-14H2,1-3H3,(H,25,28). The number of fused-ring (bicyclic) bond motifs is 1. The number of nitrogens with one attached hydrogen (secondary N) is 1. The van der Waals surface area contributed by atoms with E-state index in [1.165, 1.54) is 4.31 Å². The number of hydrogen-bond acceptors (Lipinski definition) is 5. The van der Waals surface area contributed by atoms with Gasteiger partial charge in [-0.15, -0.1) is 0 Å². The van der Waals surface area contributed by atoms with E-state index >= 15 is 0 Å². The number of nitrogens with zero attached hydrogens (tertiary/aromatic N) is 3. The second-order valence-corrected chi connectivity index (χ2v) is 9.76. The van der Waals surface area contributed by atoms with Crippen molar-refractivity contribution in [2.24, 2.45) is 7.05 Å². The van der Waals surface area contributed by atoms with Gasteiger partial charge in [-0.05, 0) is 23.3 Å². The molecule has 0 aliphatic carbocycles. The zero-order chi connectivity index (χ0) is 22.9. The number of aromatic nitrogens is 2. The zero-order valence-electron chi connectivity index (χ0n) is 18.2. The number of sulfonamides is 1. The van der Waals surface area contributed by atoms with Crippen LogP contribution in [0.15, 0.2) is 60.8 Å². The van der Waals surface area contributed by atoms with Crippen LogP contribution >= 0.6 is 0 Å². The smallest absolute Gasteiger partial charge is 0.243 e. The SMILES string of the molecule is COc1ccc(C(NC(=O)C2c3cnn(C)c3CCN2S(C)(=O)=O)c2ccccc2)cc1. The Kier molecular flexibility index (Phi) is 6.03. The fourth-order valence-electron chi connectivity index (χ4n) is 4.17. The average Bonchev–Trinajstić information content (AvgIpc) is 3.17. The van der Waals surface area contributed by atoms with E-state index < -0.39 is 28.0 Å². The van der Waals surface area contributed by atoms with Gasteiger partial charge in [0.2, 0.25) is 15.9 Å². The van der Waals surface area contributed by atoms with Gasteiger partial charge in [-0.3, -0.25) is 9.48 Å². The first kappa shape index (κ1) is 22.0. The number of carbonyl (C=O) groups is 1. The van der Waals surface area contributed by atoms with Gasteiger partial charge in [-0.1, -0.05) is 42.5 Å². The third kappa shape index (κ3) is 4.26. The summed E-state index contributed by atoms with van der Waals surface area (Å²) in [6.07, 6.45) is 3.22. The van der Waals surface area contributed by atoms with Crippen LogP contribution in [0, 0.1) is 0 Å². The lowest BCUT2D eigenvalue weighted by molar-refractivity contribution is -0.125. The van der Waals surface area contributed by atoms with E-state index in [0.717, 1.165) is 23.1 Å². The Morgan fingerprint density at radius 3 is 2.41 bits per heavy atom. The molecule has 9 heteroatoms. The normalized spacial score (nSPS) is 17.4. The number of amides is 1. The van der Waals surface area contributed by atoms with Gasteiger partial charge < -0.3 is 10.1 Å². The number of methoxy groups -OCH3 is 1. The Balaban J connectivity index is 1.73. The minimum absolute atomic E-state index is 0.224. The third-order valence-corrected chi connectivity index (χ3v) is 7.03. The summed E-state index contributed by atoms with van der Waals surface area (Å²) in [6, 6.07) is 15.6. The Bertz CT molecular complexity index is 1210.